The number of hydrogen-bond acceptors (Lipinski definition) is 5. The zero-order valence-corrected chi connectivity index (χ0v) is 17.4. The summed E-state index contributed by atoms with van der Waals surface area (Å²) in [6.07, 6.45) is 1.89. The molecule has 0 saturated heterocycles. The molecule has 0 bridgehead atoms. The molecule has 4 rings (SSSR count). The van der Waals surface area contributed by atoms with Crippen molar-refractivity contribution in [3.63, 3.8) is 0 Å². The molecule has 27 heavy (non-hydrogen) atoms. The van der Waals surface area contributed by atoms with Crippen LogP contribution in [-0.2, 0) is 16.4 Å². The predicted molar refractivity (Wildman–Crippen MR) is 112 cm³/mol. The van der Waals surface area contributed by atoms with Gasteiger partial charge in [0.15, 0.2) is 0 Å². The minimum Gasteiger partial charge on any atom is -0.324 e. The van der Waals surface area contributed by atoms with Crippen LogP contribution < -0.4 is 0 Å². The third kappa shape index (κ3) is 3.09. The summed E-state index contributed by atoms with van der Waals surface area (Å²) in [6.45, 7) is 2.82. The van der Waals surface area contributed by atoms with E-state index in [0.29, 0.717) is 9.79 Å². The second-order valence-electron chi connectivity index (χ2n) is 5.98. The molecule has 0 spiro atoms. The van der Waals surface area contributed by atoms with Crippen LogP contribution in [0.15, 0.2) is 74.0 Å². The predicted octanol–water partition coefficient (Wildman–Crippen LogP) is 5.34. The zero-order chi connectivity index (χ0) is 19.0. The lowest BCUT2D eigenvalue weighted by Crippen LogP contribution is -2.03. The lowest BCUT2D eigenvalue weighted by molar-refractivity contribution is 0.595. The molecule has 138 valence electrons. The van der Waals surface area contributed by atoms with Crippen molar-refractivity contribution in [3.05, 3.63) is 60.0 Å². The van der Waals surface area contributed by atoms with Crippen LogP contribution in [0.2, 0.25) is 0 Å². The fraction of sp³-hybridized carbons (Fsp3) is 0.150. The molecule has 7 heteroatoms. The minimum absolute atomic E-state index is 0.295. The SMILES string of the molecule is CCn1c(-c2cccc(S(=O)(=O)c3ccsc3SC)c2)nc2ccccc21. The maximum atomic E-state index is 13.2. The van der Waals surface area contributed by atoms with Crippen LogP contribution in [0, 0.1) is 0 Å². The van der Waals surface area contributed by atoms with Gasteiger partial charge in [0.1, 0.15) is 5.82 Å². The van der Waals surface area contributed by atoms with Crippen molar-refractivity contribution in [2.24, 2.45) is 0 Å². The van der Waals surface area contributed by atoms with Crippen molar-refractivity contribution in [2.75, 3.05) is 6.26 Å². The van der Waals surface area contributed by atoms with Gasteiger partial charge < -0.3 is 4.57 Å². The van der Waals surface area contributed by atoms with Crippen molar-refractivity contribution in [3.8, 4) is 11.4 Å². The molecule has 4 aromatic rings. The lowest BCUT2D eigenvalue weighted by Gasteiger charge is -2.09. The van der Waals surface area contributed by atoms with Gasteiger partial charge in [0.2, 0.25) is 9.84 Å². The van der Waals surface area contributed by atoms with Crippen molar-refractivity contribution in [1.82, 2.24) is 9.55 Å². The van der Waals surface area contributed by atoms with Gasteiger partial charge in [-0.25, -0.2) is 13.4 Å². The molecule has 0 aliphatic heterocycles. The number of fused-ring (bicyclic) bond motifs is 1. The Balaban J connectivity index is 1.87. The van der Waals surface area contributed by atoms with E-state index in [0.717, 1.165) is 33.2 Å². The Labute approximate surface area is 166 Å². The summed E-state index contributed by atoms with van der Waals surface area (Å²) in [6, 6.07) is 16.7. The van der Waals surface area contributed by atoms with E-state index in [1.807, 2.05) is 42.0 Å². The molecule has 0 aliphatic carbocycles. The summed E-state index contributed by atoms with van der Waals surface area (Å²) in [4.78, 5) is 5.41. The number of imidazole rings is 1. The normalized spacial score (nSPS) is 11.9. The van der Waals surface area contributed by atoms with Crippen LogP contribution in [0.4, 0.5) is 0 Å². The van der Waals surface area contributed by atoms with E-state index >= 15 is 0 Å². The first-order valence-electron chi connectivity index (χ1n) is 8.48. The number of para-hydroxylation sites is 2. The summed E-state index contributed by atoms with van der Waals surface area (Å²) < 4.78 is 29.2. The first-order valence-corrected chi connectivity index (χ1v) is 12.1. The Morgan fingerprint density at radius 1 is 1.11 bits per heavy atom. The Kier molecular flexibility index (Phi) is 4.84. The van der Waals surface area contributed by atoms with Gasteiger partial charge in [0.25, 0.3) is 0 Å². The Morgan fingerprint density at radius 3 is 2.70 bits per heavy atom. The average molecular weight is 415 g/mol. The second kappa shape index (κ2) is 7.14. The summed E-state index contributed by atoms with van der Waals surface area (Å²) >= 11 is 2.90. The van der Waals surface area contributed by atoms with E-state index in [4.69, 9.17) is 4.98 Å². The number of thiophene rings is 1. The summed E-state index contributed by atoms with van der Waals surface area (Å²) in [5, 5.41) is 1.82. The van der Waals surface area contributed by atoms with Crippen LogP contribution in [-0.4, -0.2) is 24.2 Å². The highest BCUT2D eigenvalue weighted by molar-refractivity contribution is 8.01. The van der Waals surface area contributed by atoms with Crippen molar-refractivity contribution in [2.45, 2.75) is 27.5 Å². The van der Waals surface area contributed by atoms with Crippen molar-refractivity contribution >= 4 is 44.0 Å². The fourth-order valence-corrected chi connectivity index (χ4v) is 6.91. The largest absolute Gasteiger partial charge is 0.324 e. The summed E-state index contributed by atoms with van der Waals surface area (Å²) in [5.74, 6) is 0.783. The molecule has 0 radical (unpaired) electrons. The van der Waals surface area contributed by atoms with Crippen molar-refractivity contribution < 1.29 is 8.42 Å². The molecule has 0 fully saturated rings. The number of nitrogens with zero attached hydrogens (tertiary/aromatic N) is 2. The molecule has 0 unspecified atom stereocenters. The first-order chi connectivity index (χ1) is 13.1. The third-order valence-corrected chi connectivity index (χ3v) is 8.58. The molecule has 0 amide bonds. The molecule has 0 aliphatic rings. The molecular weight excluding hydrogens is 396 g/mol. The topological polar surface area (TPSA) is 52.0 Å². The molecule has 0 N–H and O–H groups in total. The van der Waals surface area contributed by atoms with E-state index in [-0.39, 0.29) is 0 Å². The first kappa shape index (κ1) is 18.3. The molecule has 0 saturated carbocycles. The average Bonchev–Trinajstić information content (AvgIpc) is 3.32. The van der Waals surface area contributed by atoms with Gasteiger partial charge in [0, 0.05) is 12.1 Å². The van der Waals surface area contributed by atoms with E-state index in [9.17, 15) is 8.42 Å². The van der Waals surface area contributed by atoms with Gasteiger partial charge in [-0.15, -0.1) is 23.1 Å². The molecule has 2 heterocycles. The quantitative estimate of drug-likeness (QED) is 0.414. The van der Waals surface area contributed by atoms with E-state index in [2.05, 4.69) is 11.5 Å². The van der Waals surface area contributed by atoms with Gasteiger partial charge in [-0.3, -0.25) is 0 Å². The number of thioether (sulfide) groups is 1. The summed E-state index contributed by atoms with van der Waals surface area (Å²) in [5.41, 5.74) is 2.76. The molecule has 2 aromatic carbocycles. The second-order valence-corrected chi connectivity index (χ2v) is 9.89. The number of aromatic nitrogens is 2. The fourth-order valence-electron chi connectivity index (χ4n) is 3.18. The van der Waals surface area contributed by atoms with E-state index in [1.54, 1.807) is 24.3 Å². The Hall–Kier alpha value is -2.09. The van der Waals surface area contributed by atoms with Gasteiger partial charge >= 0.3 is 0 Å². The van der Waals surface area contributed by atoms with E-state index < -0.39 is 9.84 Å². The summed E-state index contributed by atoms with van der Waals surface area (Å²) in [7, 11) is -3.57. The number of rotatable bonds is 5. The highest BCUT2D eigenvalue weighted by Gasteiger charge is 2.23. The van der Waals surface area contributed by atoms with Crippen molar-refractivity contribution in [1.29, 1.82) is 0 Å². The highest BCUT2D eigenvalue weighted by Crippen LogP contribution is 2.35. The Bertz CT molecular complexity index is 1220. The maximum Gasteiger partial charge on any atom is 0.208 e. The Morgan fingerprint density at radius 2 is 1.93 bits per heavy atom. The number of hydrogen-bond donors (Lipinski definition) is 0. The van der Waals surface area contributed by atoms with Gasteiger partial charge in [0.05, 0.1) is 25.0 Å². The molecule has 2 aromatic heterocycles. The van der Waals surface area contributed by atoms with Gasteiger partial charge in [-0.2, -0.15) is 0 Å². The number of sulfone groups is 1. The highest BCUT2D eigenvalue weighted by atomic mass is 32.2. The van der Waals surface area contributed by atoms with Crippen LogP contribution in [0.5, 0.6) is 0 Å². The minimum atomic E-state index is -3.57. The zero-order valence-electron chi connectivity index (χ0n) is 14.9. The standard InChI is InChI=1S/C20H18N2O2S3/c1-3-22-17-10-5-4-9-16(17)21-19(22)14-7-6-8-15(13-14)27(23,24)18-11-12-26-20(18)25-2/h4-13H,3H2,1-2H3. The smallest absolute Gasteiger partial charge is 0.208 e. The van der Waals surface area contributed by atoms with E-state index in [1.165, 1.54) is 23.1 Å². The van der Waals surface area contributed by atoms with Crippen LogP contribution >= 0.6 is 23.1 Å². The molecule has 4 nitrogen and oxygen atoms in total. The van der Waals surface area contributed by atoms with Gasteiger partial charge in [-0.1, -0.05) is 24.3 Å². The lowest BCUT2D eigenvalue weighted by atomic mass is 10.2. The van der Waals surface area contributed by atoms with Crippen LogP contribution in [0.25, 0.3) is 22.4 Å². The van der Waals surface area contributed by atoms with Crippen LogP contribution in [0.1, 0.15) is 6.92 Å². The number of benzene rings is 2. The monoisotopic (exact) mass is 414 g/mol. The molecular formula is C20H18N2O2S3. The number of aryl methyl sites for hydroxylation is 1. The van der Waals surface area contributed by atoms with Crippen LogP contribution in [0.3, 0.4) is 0 Å². The van der Waals surface area contributed by atoms with Gasteiger partial charge in [-0.05, 0) is 48.9 Å². The third-order valence-electron chi connectivity index (χ3n) is 4.44. The maximum absolute atomic E-state index is 13.2. The molecule has 0 atom stereocenters.